The molecule has 2 aromatic carbocycles. The van der Waals surface area contributed by atoms with E-state index in [1.54, 1.807) is 32.0 Å². The molecule has 28 heavy (non-hydrogen) atoms. The number of methoxy groups -OCH3 is 2. The molecule has 0 spiro atoms. The van der Waals surface area contributed by atoms with Crippen molar-refractivity contribution in [1.82, 2.24) is 0 Å². The third kappa shape index (κ3) is 5.99. The highest BCUT2D eigenvalue weighted by Gasteiger charge is 2.17. The van der Waals surface area contributed by atoms with Crippen LogP contribution in [0.3, 0.4) is 0 Å². The van der Waals surface area contributed by atoms with Gasteiger partial charge in [-0.15, -0.1) is 0 Å². The second-order valence-electron chi connectivity index (χ2n) is 5.99. The van der Waals surface area contributed by atoms with E-state index in [-0.39, 0.29) is 35.2 Å². The van der Waals surface area contributed by atoms with Gasteiger partial charge in [0.05, 0.1) is 32.0 Å². The van der Waals surface area contributed by atoms with Crippen LogP contribution in [-0.2, 0) is 0 Å². The van der Waals surface area contributed by atoms with Crippen molar-refractivity contribution < 1.29 is 34.4 Å². The van der Waals surface area contributed by atoms with Crippen LogP contribution >= 0.6 is 0 Å². The lowest BCUT2D eigenvalue weighted by atomic mass is 9.99. The molecule has 2 aromatic rings. The quantitative estimate of drug-likeness (QED) is 0.622. The maximum absolute atomic E-state index is 11.6. The van der Waals surface area contributed by atoms with Gasteiger partial charge < -0.3 is 24.8 Å². The van der Waals surface area contributed by atoms with E-state index in [4.69, 9.17) is 14.6 Å². The van der Waals surface area contributed by atoms with Crippen LogP contribution in [0.1, 0.15) is 41.0 Å². The van der Waals surface area contributed by atoms with Gasteiger partial charge in [0.25, 0.3) is 0 Å². The molecular formula is C21H26O7. The number of Topliss-reactive ketones (excluding diaryl/α,β-unsaturated/α-hetero) is 2. The van der Waals surface area contributed by atoms with Gasteiger partial charge in [0.1, 0.15) is 23.0 Å². The number of carbonyl (C=O) groups excluding carboxylic acids is 2. The van der Waals surface area contributed by atoms with E-state index >= 15 is 0 Å². The molecule has 0 aliphatic rings. The molecule has 0 saturated carbocycles. The highest BCUT2D eigenvalue weighted by atomic mass is 16.5. The number of ketones is 2. The van der Waals surface area contributed by atoms with Crippen molar-refractivity contribution in [3.63, 3.8) is 0 Å². The lowest BCUT2D eigenvalue weighted by Crippen LogP contribution is -2.15. The van der Waals surface area contributed by atoms with Crippen LogP contribution in [0.15, 0.2) is 36.4 Å². The van der Waals surface area contributed by atoms with Crippen molar-refractivity contribution >= 4 is 11.6 Å². The molecule has 0 aliphatic heterocycles. The van der Waals surface area contributed by atoms with Gasteiger partial charge in [-0.2, -0.15) is 0 Å². The van der Waals surface area contributed by atoms with Crippen molar-refractivity contribution in [2.75, 3.05) is 20.8 Å². The van der Waals surface area contributed by atoms with Crippen LogP contribution in [0.25, 0.3) is 0 Å². The van der Waals surface area contributed by atoms with E-state index < -0.39 is 5.92 Å². The Bertz CT molecular complexity index is 814. The summed E-state index contributed by atoms with van der Waals surface area (Å²) < 4.78 is 9.79. The summed E-state index contributed by atoms with van der Waals surface area (Å²) in [5, 5.41) is 27.8. The molecule has 0 amide bonds. The second kappa shape index (κ2) is 10.9. The smallest absolute Gasteiger partial charge is 0.171 e. The molecule has 1 atom stereocenters. The predicted octanol–water partition coefficient (Wildman–Crippen LogP) is 3.21. The molecule has 0 saturated heterocycles. The predicted molar refractivity (Wildman–Crippen MR) is 105 cm³/mol. The number of aliphatic hydroxyl groups excluding tert-OH is 1. The summed E-state index contributed by atoms with van der Waals surface area (Å²) in [6, 6.07) is 9.11. The van der Waals surface area contributed by atoms with Gasteiger partial charge in [-0.25, -0.2) is 0 Å². The first-order valence-electron chi connectivity index (χ1n) is 8.71. The second-order valence-corrected chi connectivity index (χ2v) is 5.99. The molecule has 152 valence electrons. The van der Waals surface area contributed by atoms with Gasteiger partial charge in [-0.1, -0.05) is 13.8 Å². The molecule has 0 aliphatic carbocycles. The third-order valence-corrected chi connectivity index (χ3v) is 4.02. The Labute approximate surface area is 164 Å². The first-order chi connectivity index (χ1) is 13.3. The summed E-state index contributed by atoms with van der Waals surface area (Å²) in [5.41, 5.74) is 0.556. The van der Waals surface area contributed by atoms with Crippen molar-refractivity contribution in [2.24, 2.45) is 5.92 Å². The maximum Gasteiger partial charge on any atom is 0.171 e. The van der Waals surface area contributed by atoms with Crippen LogP contribution in [0, 0.1) is 5.92 Å². The minimum atomic E-state index is -0.510. The summed E-state index contributed by atoms with van der Waals surface area (Å²) in [4.78, 5) is 22.9. The fraction of sp³-hybridized carbons (Fsp3) is 0.333. The summed E-state index contributed by atoms with van der Waals surface area (Å²) in [7, 11) is 2.99. The van der Waals surface area contributed by atoms with Crippen molar-refractivity contribution in [3.05, 3.63) is 47.5 Å². The number of rotatable bonds is 7. The number of benzene rings is 2. The van der Waals surface area contributed by atoms with Gasteiger partial charge in [-0.3, -0.25) is 9.59 Å². The third-order valence-electron chi connectivity index (χ3n) is 4.02. The minimum absolute atomic E-state index is 0.0220. The fourth-order valence-electron chi connectivity index (χ4n) is 2.26. The van der Waals surface area contributed by atoms with Crippen LogP contribution in [0.2, 0.25) is 0 Å². The summed E-state index contributed by atoms with van der Waals surface area (Å²) in [5.74, 6) is 0.0267. The van der Waals surface area contributed by atoms with Crippen molar-refractivity contribution in [2.45, 2.75) is 20.3 Å². The summed E-state index contributed by atoms with van der Waals surface area (Å²) in [6.45, 7) is 3.13. The molecule has 3 N–H and O–H groups in total. The number of hydrogen-bond acceptors (Lipinski definition) is 7. The SMILES string of the molecule is CCC(=O)c1ccc(OC)cc1O.COc1ccc(C(=O)C(C)CO)c(O)c1. The normalized spacial score (nSPS) is 11.0. The van der Waals surface area contributed by atoms with E-state index in [0.29, 0.717) is 23.5 Å². The van der Waals surface area contributed by atoms with Gasteiger partial charge >= 0.3 is 0 Å². The number of phenols is 2. The van der Waals surface area contributed by atoms with E-state index in [0.717, 1.165) is 0 Å². The molecule has 0 aromatic heterocycles. The molecular weight excluding hydrogens is 364 g/mol. The molecule has 2 rings (SSSR count). The summed E-state index contributed by atoms with van der Waals surface area (Å²) in [6.07, 6.45) is 0.389. The number of phenolic OH excluding ortho intramolecular Hbond substituents is 2. The van der Waals surface area contributed by atoms with Crippen molar-refractivity contribution in [1.29, 1.82) is 0 Å². The number of carbonyl (C=O) groups is 2. The zero-order valence-electron chi connectivity index (χ0n) is 16.4. The summed E-state index contributed by atoms with van der Waals surface area (Å²) >= 11 is 0. The number of aromatic hydroxyl groups is 2. The molecule has 1 unspecified atom stereocenters. The van der Waals surface area contributed by atoms with Gasteiger partial charge in [0.15, 0.2) is 11.6 Å². The van der Waals surface area contributed by atoms with Gasteiger partial charge in [0.2, 0.25) is 0 Å². The first-order valence-corrected chi connectivity index (χ1v) is 8.71. The Morgan fingerprint density at radius 2 is 1.39 bits per heavy atom. The van der Waals surface area contributed by atoms with E-state index in [1.165, 1.54) is 32.4 Å². The number of aliphatic hydroxyl groups is 1. The van der Waals surface area contributed by atoms with Crippen LogP contribution in [0.5, 0.6) is 23.0 Å². The molecule has 0 bridgehead atoms. The lowest BCUT2D eigenvalue weighted by molar-refractivity contribution is 0.0874. The molecule has 0 fully saturated rings. The fourth-order valence-corrected chi connectivity index (χ4v) is 2.26. The van der Waals surface area contributed by atoms with Gasteiger partial charge in [0, 0.05) is 24.5 Å². The van der Waals surface area contributed by atoms with E-state index in [1.807, 2.05) is 0 Å². The first kappa shape index (κ1) is 23.0. The zero-order valence-corrected chi connectivity index (χ0v) is 16.4. The van der Waals surface area contributed by atoms with Crippen LogP contribution < -0.4 is 9.47 Å². The Kier molecular flexibility index (Phi) is 8.98. The topological polar surface area (TPSA) is 113 Å². The average Bonchev–Trinajstić information content (AvgIpc) is 2.72. The molecule has 7 heteroatoms. The van der Waals surface area contributed by atoms with Crippen LogP contribution in [-0.4, -0.2) is 47.7 Å². The maximum atomic E-state index is 11.6. The van der Waals surface area contributed by atoms with E-state index in [2.05, 4.69) is 0 Å². The molecule has 0 heterocycles. The highest BCUT2D eigenvalue weighted by Crippen LogP contribution is 2.26. The molecule has 7 nitrogen and oxygen atoms in total. The number of ether oxygens (including phenoxy) is 2. The Balaban J connectivity index is 0.000000283. The Hall–Kier alpha value is -3.06. The number of hydrogen-bond donors (Lipinski definition) is 3. The largest absolute Gasteiger partial charge is 0.507 e. The Morgan fingerprint density at radius 1 is 0.929 bits per heavy atom. The average molecular weight is 390 g/mol. The standard InChI is InChI=1S/C11H14O4.C10H12O3/c1-7(6-12)11(14)9-4-3-8(15-2)5-10(9)13;1-3-9(11)8-5-4-7(13-2)6-10(8)12/h3-5,7,12-13H,6H2,1-2H3;4-6,12H,3H2,1-2H3. The monoisotopic (exact) mass is 390 g/mol. The van der Waals surface area contributed by atoms with Gasteiger partial charge in [-0.05, 0) is 24.3 Å². The van der Waals surface area contributed by atoms with Crippen molar-refractivity contribution in [3.8, 4) is 23.0 Å². The molecule has 0 radical (unpaired) electrons. The van der Waals surface area contributed by atoms with Crippen LogP contribution in [0.4, 0.5) is 0 Å². The Morgan fingerprint density at radius 3 is 1.75 bits per heavy atom. The zero-order chi connectivity index (χ0) is 21.3. The highest BCUT2D eigenvalue weighted by molar-refractivity contribution is 6.00. The minimum Gasteiger partial charge on any atom is -0.507 e. The lowest BCUT2D eigenvalue weighted by Gasteiger charge is -2.09. The van der Waals surface area contributed by atoms with E-state index in [9.17, 15) is 19.8 Å².